The zero-order chi connectivity index (χ0) is 13.4. The molecule has 0 fully saturated rings. The first-order chi connectivity index (χ1) is 9.19. The van der Waals surface area contributed by atoms with E-state index in [1.165, 1.54) is 21.4 Å². The van der Waals surface area contributed by atoms with Gasteiger partial charge in [-0.3, -0.25) is 0 Å². The summed E-state index contributed by atoms with van der Waals surface area (Å²) in [5, 5.41) is 6.65. The molecule has 0 bridgehead atoms. The molecule has 98 valence electrons. The van der Waals surface area contributed by atoms with Crippen molar-refractivity contribution in [2.45, 2.75) is 19.9 Å². The lowest BCUT2D eigenvalue weighted by Gasteiger charge is -2.12. The van der Waals surface area contributed by atoms with E-state index < -0.39 is 0 Å². The van der Waals surface area contributed by atoms with Crippen LogP contribution in [-0.4, -0.2) is 7.05 Å². The van der Waals surface area contributed by atoms with E-state index in [1.807, 2.05) is 13.1 Å². The molecule has 1 atom stereocenters. The van der Waals surface area contributed by atoms with Crippen LogP contribution in [0.5, 0.6) is 0 Å². The molecule has 2 nitrogen and oxygen atoms in total. The van der Waals surface area contributed by atoms with E-state index in [9.17, 15) is 0 Å². The Labute approximate surface area is 117 Å². The second-order valence-corrected chi connectivity index (χ2v) is 5.83. The summed E-state index contributed by atoms with van der Waals surface area (Å²) in [6.07, 6.45) is 0. The largest absolute Gasteiger partial charge is 0.459 e. The van der Waals surface area contributed by atoms with Crippen LogP contribution in [0.2, 0.25) is 0 Å². The fraction of sp³-hybridized carbons (Fsp3) is 0.250. The van der Waals surface area contributed by atoms with E-state index in [4.69, 9.17) is 4.42 Å². The molecule has 1 N–H and O–H groups in total. The van der Waals surface area contributed by atoms with Crippen molar-refractivity contribution < 1.29 is 4.42 Å². The molecule has 1 aromatic carbocycles. The quantitative estimate of drug-likeness (QED) is 0.763. The van der Waals surface area contributed by atoms with Crippen LogP contribution in [0.1, 0.15) is 27.8 Å². The van der Waals surface area contributed by atoms with E-state index in [0.717, 1.165) is 11.3 Å². The molecule has 0 amide bonds. The van der Waals surface area contributed by atoms with Gasteiger partial charge in [0.05, 0.1) is 0 Å². The second-order valence-electron chi connectivity index (χ2n) is 4.88. The minimum absolute atomic E-state index is 0.132. The minimum Gasteiger partial charge on any atom is -0.459 e. The molecule has 3 heteroatoms. The summed E-state index contributed by atoms with van der Waals surface area (Å²) >= 11 is 1.77. The third-order valence-electron chi connectivity index (χ3n) is 3.43. The Hall–Kier alpha value is -1.58. The normalized spacial score (nSPS) is 13.0. The second kappa shape index (κ2) is 4.83. The third-order valence-corrected chi connectivity index (χ3v) is 4.51. The van der Waals surface area contributed by atoms with Gasteiger partial charge in [0.1, 0.15) is 17.4 Å². The molecule has 2 aromatic heterocycles. The van der Waals surface area contributed by atoms with E-state index in [2.05, 4.69) is 48.8 Å². The number of aryl methyl sites for hydroxylation is 2. The van der Waals surface area contributed by atoms with Crippen molar-refractivity contribution in [2.24, 2.45) is 0 Å². The molecule has 0 aliphatic carbocycles. The maximum atomic E-state index is 6.00. The van der Waals surface area contributed by atoms with Gasteiger partial charge in [-0.05, 0) is 56.1 Å². The monoisotopic (exact) mass is 271 g/mol. The molecule has 19 heavy (non-hydrogen) atoms. The summed E-state index contributed by atoms with van der Waals surface area (Å²) in [6, 6.07) is 10.7. The molecule has 2 heterocycles. The highest BCUT2D eigenvalue weighted by Gasteiger charge is 2.19. The van der Waals surface area contributed by atoms with Gasteiger partial charge in [0.25, 0.3) is 0 Å². The van der Waals surface area contributed by atoms with Crippen molar-refractivity contribution in [3.05, 3.63) is 57.5 Å². The van der Waals surface area contributed by atoms with Crippen LogP contribution < -0.4 is 5.32 Å². The molecule has 0 spiro atoms. The number of hydrogen-bond acceptors (Lipinski definition) is 3. The SMILES string of the molecule is CNC(c1cc2cc(C)ccc2o1)c1sccc1C. The van der Waals surface area contributed by atoms with E-state index in [0.29, 0.717) is 0 Å². The fourth-order valence-corrected chi connectivity index (χ4v) is 3.45. The zero-order valence-corrected chi connectivity index (χ0v) is 12.2. The lowest BCUT2D eigenvalue weighted by Crippen LogP contribution is -2.16. The van der Waals surface area contributed by atoms with Crippen LogP contribution in [0.3, 0.4) is 0 Å². The van der Waals surface area contributed by atoms with Crippen molar-refractivity contribution >= 4 is 22.3 Å². The van der Waals surface area contributed by atoms with E-state index in [-0.39, 0.29) is 6.04 Å². The summed E-state index contributed by atoms with van der Waals surface area (Å²) in [5.41, 5.74) is 3.52. The predicted octanol–water partition coefficient (Wildman–Crippen LogP) is 4.42. The lowest BCUT2D eigenvalue weighted by atomic mass is 10.1. The predicted molar refractivity (Wildman–Crippen MR) is 80.9 cm³/mol. The van der Waals surface area contributed by atoms with Gasteiger partial charge in [-0.25, -0.2) is 0 Å². The minimum atomic E-state index is 0.132. The molecular formula is C16H17NOS. The smallest absolute Gasteiger partial charge is 0.134 e. The Balaban J connectivity index is 2.09. The molecule has 3 aromatic rings. The van der Waals surface area contributed by atoms with Gasteiger partial charge in [0, 0.05) is 10.3 Å². The average Bonchev–Trinajstić information content (AvgIpc) is 2.97. The highest BCUT2D eigenvalue weighted by Crippen LogP contribution is 2.32. The van der Waals surface area contributed by atoms with Crippen LogP contribution in [0.15, 0.2) is 40.1 Å². The van der Waals surface area contributed by atoms with Crippen molar-refractivity contribution in [3.63, 3.8) is 0 Å². The fourth-order valence-electron chi connectivity index (χ4n) is 2.41. The highest BCUT2D eigenvalue weighted by molar-refractivity contribution is 7.10. The number of furan rings is 1. The Bertz CT molecular complexity index is 710. The van der Waals surface area contributed by atoms with Gasteiger partial charge in [-0.2, -0.15) is 0 Å². The Morgan fingerprint density at radius 3 is 2.68 bits per heavy atom. The molecule has 0 aliphatic rings. The maximum Gasteiger partial charge on any atom is 0.134 e. The first-order valence-corrected chi connectivity index (χ1v) is 7.28. The van der Waals surface area contributed by atoms with Gasteiger partial charge in [0.15, 0.2) is 0 Å². The first-order valence-electron chi connectivity index (χ1n) is 6.40. The average molecular weight is 271 g/mol. The molecule has 0 saturated carbocycles. The van der Waals surface area contributed by atoms with Gasteiger partial charge in [0.2, 0.25) is 0 Å². The van der Waals surface area contributed by atoms with Crippen LogP contribution >= 0.6 is 11.3 Å². The summed E-state index contributed by atoms with van der Waals surface area (Å²) in [5.74, 6) is 0.980. The molecular weight excluding hydrogens is 254 g/mol. The molecule has 3 rings (SSSR count). The van der Waals surface area contributed by atoms with E-state index in [1.54, 1.807) is 11.3 Å². The van der Waals surface area contributed by atoms with Crippen LogP contribution in [0, 0.1) is 13.8 Å². The number of benzene rings is 1. The van der Waals surface area contributed by atoms with Crippen LogP contribution in [-0.2, 0) is 0 Å². The summed E-state index contributed by atoms with van der Waals surface area (Å²) in [7, 11) is 1.97. The van der Waals surface area contributed by atoms with Crippen molar-refractivity contribution in [3.8, 4) is 0 Å². The standard InChI is InChI=1S/C16H17NOS/c1-10-4-5-13-12(8-10)9-14(18-13)15(17-3)16-11(2)6-7-19-16/h4-9,15,17H,1-3H3. The summed E-state index contributed by atoms with van der Waals surface area (Å²) in [6.45, 7) is 4.24. The Morgan fingerprint density at radius 2 is 2.00 bits per heavy atom. The topological polar surface area (TPSA) is 25.2 Å². The number of hydrogen-bond donors (Lipinski definition) is 1. The molecule has 0 radical (unpaired) electrons. The number of thiophene rings is 1. The number of rotatable bonds is 3. The Kier molecular flexibility index (Phi) is 3.17. The highest BCUT2D eigenvalue weighted by atomic mass is 32.1. The Morgan fingerprint density at radius 1 is 1.16 bits per heavy atom. The molecule has 1 unspecified atom stereocenters. The molecule has 0 saturated heterocycles. The number of fused-ring (bicyclic) bond motifs is 1. The maximum absolute atomic E-state index is 6.00. The van der Waals surface area contributed by atoms with Crippen LogP contribution in [0.25, 0.3) is 11.0 Å². The van der Waals surface area contributed by atoms with Gasteiger partial charge in [-0.15, -0.1) is 11.3 Å². The van der Waals surface area contributed by atoms with Gasteiger partial charge >= 0.3 is 0 Å². The van der Waals surface area contributed by atoms with Crippen molar-refractivity contribution in [1.82, 2.24) is 5.32 Å². The summed E-state index contributed by atoms with van der Waals surface area (Å²) < 4.78 is 6.00. The van der Waals surface area contributed by atoms with Crippen LogP contribution in [0.4, 0.5) is 0 Å². The third kappa shape index (κ3) is 2.20. The van der Waals surface area contributed by atoms with Gasteiger partial charge < -0.3 is 9.73 Å². The zero-order valence-electron chi connectivity index (χ0n) is 11.4. The lowest BCUT2D eigenvalue weighted by molar-refractivity contribution is 0.494. The molecule has 0 aliphatic heterocycles. The van der Waals surface area contributed by atoms with Crippen molar-refractivity contribution in [1.29, 1.82) is 0 Å². The van der Waals surface area contributed by atoms with Crippen molar-refractivity contribution in [2.75, 3.05) is 7.05 Å². The summed E-state index contributed by atoms with van der Waals surface area (Å²) in [4.78, 5) is 1.32. The first kappa shape index (κ1) is 12.5. The van der Waals surface area contributed by atoms with E-state index >= 15 is 0 Å². The number of nitrogens with one attached hydrogen (secondary N) is 1. The van der Waals surface area contributed by atoms with Gasteiger partial charge in [-0.1, -0.05) is 11.6 Å².